The fourth-order valence-corrected chi connectivity index (χ4v) is 5.19. The van der Waals surface area contributed by atoms with Crippen LogP contribution in [-0.2, 0) is 11.3 Å². The van der Waals surface area contributed by atoms with Crippen LogP contribution in [0.3, 0.4) is 0 Å². The van der Waals surface area contributed by atoms with Gasteiger partial charge in [0.1, 0.15) is 11.6 Å². The summed E-state index contributed by atoms with van der Waals surface area (Å²) in [6.07, 6.45) is 5.66. The summed E-state index contributed by atoms with van der Waals surface area (Å²) in [6, 6.07) is -0.906. The lowest BCUT2D eigenvalue weighted by atomic mass is 9.84. The highest BCUT2D eigenvalue weighted by atomic mass is 32.2. The Labute approximate surface area is 143 Å². The van der Waals surface area contributed by atoms with Gasteiger partial charge in [-0.1, -0.05) is 24.6 Å². The highest BCUT2D eigenvalue weighted by Crippen LogP contribution is 2.40. The first kappa shape index (κ1) is 15.7. The van der Waals surface area contributed by atoms with Crippen LogP contribution in [0.1, 0.15) is 42.5 Å². The third-order valence-electron chi connectivity index (χ3n) is 5.39. The summed E-state index contributed by atoms with van der Waals surface area (Å²) in [6.45, 7) is 0.543. The third-order valence-corrected chi connectivity index (χ3v) is 6.37. The summed E-state index contributed by atoms with van der Waals surface area (Å²) in [5.41, 5.74) is -0.350. The number of hydrogen-bond donors (Lipinski definition) is 1. The van der Waals surface area contributed by atoms with E-state index in [1.54, 1.807) is 0 Å². The molecule has 1 N–H and O–H groups in total. The Morgan fingerprint density at radius 3 is 2.88 bits per heavy atom. The number of aliphatic carboxylic acids is 1. The first-order chi connectivity index (χ1) is 11.6. The van der Waals surface area contributed by atoms with Crippen LogP contribution in [0.4, 0.5) is 0 Å². The molecule has 0 unspecified atom stereocenters. The number of carbonyl (C=O) groups excluding carboxylic acids is 1. The van der Waals surface area contributed by atoms with Gasteiger partial charge in [0.2, 0.25) is 0 Å². The number of fused-ring (bicyclic) bond motifs is 2. The van der Waals surface area contributed by atoms with Gasteiger partial charge in [-0.2, -0.15) is 0 Å². The molecule has 0 spiro atoms. The maximum Gasteiger partial charge on any atom is 0.326 e. The van der Waals surface area contributed by atoms with Crippen molar-refractivity contribution in [2.75, 3.05) is 5.75 Å². The van der Waals surface area contributed by atoms with Gasteiger partial charge in [-0.05, 0) is 25.2 Å². The largest absolute Gasteiger partial charge is 0.480 e. The minimum atomic E-state index is -0.984. The van der Waals surface area contributed by atoms with Gasteiger partial charge in [0, 0.05) is 24.5 Å². The van der Waals surface area contributed by atoms with E-state index in [4.69, 9.17) is 0 Å². The third kappa shape index (κ3) is 2.35. The van der Waals surface area contributed by atoms with E-state index in [1.807, 2.05) is 0 Å². The van der Waals surface area contributed by atoms with E-state index in [2.05, 4.69) is 4.98 Å². The van der Waals surface area contributed by atoms with E-state index in [0.717, 1.165) is 31.4 Å². The lowest BCUT2D eigenvalue weighted by molar-refractivity contribution is -0.141. The summed E-state index contributed by atoms with van der Waals surface area (Å²) < 4.78 is 1.52. The van der Waals surface area contributed by atoms with Crippen LogP contribution in [0.2, 0.25) is 0 Å². The molecule has 1 aromatic rings. The van der Waals surface area contributed by atoms with Crippen LogP contribution < -0.4 is 5.56 Å². The maximum absolute atomic E-state index is 13.0. The number of likely N-dealkylation sites (tertiary alicyclic amines) is 1. The molecule has 0 aromatic carbocycles. The predicted octanol–water partition coefficient (Wildman–Crippen LogP) is 1.21. The van der Waals surface area contributed by atoms with Gasteiger partial charge in [0.15, 0.2) is 5.16 Å². The molecule has 8 heteroatoms. The van der Waals surface area contributed by atoms with Crippen LogP contribution in [0.15, 0.2) is 16.1 Å². The van der Waals surface area contributed by atoms with Crippen LogP contribution in [0.5, 0.6) is 0 Å². The molecule has 1 aromatic heterocycles. The summed E-state index contributed by atoms with van der Waals surface area (Å²) in [7, 11) is 0. The second-order valence-electron chi connectivity index (χ2n) is 6.67. The van der Waals surface area contributed by atoms with Crippen LogP contribution in [0.25, 0.3) is 0 Å². The second kappa shape index (κ2) is 5.91. The topological polar surface area (TPSA) is 92.5 Å². The summed E-state index contributed by atoms with van der Waals surface area (Å²) in [5, 5.41) is 10.2. The monoisotopic (exact) mass is 349 g/mol. The van der Waals surface area contributed by atoms with Crippen molar-refractivity contribution in [1.82, 2.24) is 14.5 Å². The summed E-state index contributed by atoms with van der Waals surface area (Å²) in [5.74, 6) is -0.458. The first-order valence-electron chi connectivity index (χ1n) is 8.36. The van der Waals surface area contributed by atoms with Gasteiger partial charge >= 0.3 is 5.97 Å². The van der Waals surface area contributed by atoms with E-state index < -0.39 is 17.9 Å². The molecule has 7 nitrogen and oxygen atoms in total. The molecule has 1 saturated heterocycles. The van der Waals surface area contributed by atoms with Crippen LogP contribution >= 0.6 is 11.8 Å². The quantitative estimate of drug-likeness (QED) is 0.807. The van der Waals surface area contributed by atoms with Gasteiger partial charge < -0.3 is 10.0 Å². The smallest absolute Gasteiger partial charge is 0.326 e. The molecule has 0 bridgehead atoms. The Balaban J connectivity index is 1.72. The number of hydrogen-bond acceptors (Lipinski definition) is 5. The SMILES string of the molecule is O=C(O)[C@@H]1C[C@@H]2CCCC[C@@H]2N1C(=O)c1cnc2n(c1=O)CCS2. The van der Waals surface area contributed by atoms with Gasteiger partial charge in [0.05, 0.1) is 0 Å². The minimum Gasteiger partial charge on any atom is -0.480 e. The normalized spacial score (nSPS) is 28.5. The molecule has 1 amide bonds. The van der Waals surface area contributed by atoms with Gasteiger partial charge in [-0.3, -0.25) is 14.2 Å². The van der Waals surface area contributed by atoms with Crippen molar-refractivity contribution in [2.24, 2.45) is 5.92 Å². The van der Waals surface area contributed by atoms with E-state index in [9.17, 15) is 19.5 Å². The molecule has 3 heterocycles. The molecule has 2 fully saturated rings. The lowest BCUT2D eigenvalue weighted by Gasteiger charge is -2.32. The average Bonchev–Trinajstić information content (AvgIpc) is 3.19. The highest BCUT2D eigenvalue weighted by molar-refractivity contribution is 7.99. The van der Waals surface area contributed by atoms with Crippen molar-refractivity contribution in [3.05, 3.63) is 22.1 Å². The standard InChI is InChI=1S/C16H19N3O4S/c20-13-10(8-17-16-18(13)5-6-24-16)14(21)19-11-4-2-1-3-9(11)7-12(19)15(22)23/h8-9,11-12H,1-7H2,(H,22,23)/t9-,11-,12-/m0/s1. The molecule has 1 saturated carbocycles. The van der Waals surface area contributed by atoms with E-state index >= 15 is 0 Å². The number of carboxylic acid groups (broad SMARTS) is 1. The Morgan fingerprint density at radius 1 is 1.29 bits per heavy atom. The van der Waals surface area contributed by atoms with Crippen molar-refractivity contribution < 1.29 is 14.7 Å². The van der Waals surface area contributed by atoms with Crippen molar-refractivity contribution >= 4 is 23.6 Å². The number of rotatable bonds is 2. The fourth-order valence-electron chi connectivity index (χ4n) is 4.28. The molecular weight excluding hydrogens is 330 g/mol. The van der Waals surface area contributed by atoms with Crippen molar-refractivity contribution in [1.29, 1.82) is 0 Å². The number of nitrogens with zero attached hydrogens (tertiary/aromatic N) is 3. The average molecular weight is 349 g/mol. The second-order valence-corrected chi connectivity index (χ2v) is 7.74. The van der Waals surface area contributed by atoms with Crippen molar-refractivity contribution in [2.45, 2.75) is 55.9 Å². The van der Waals surface area contributed by atoms with Gasteiger partial charge in [0.25, 0.3) is 11.5 Å². The fraction of sp³-hybridized carbons (Fsp3) is 0.625. The molecular formula is C16H19N3O4S. The molecule has 128 valence electrons. The molecule has 3 atom stereocenters. The number of aromatic nitrogens is 2. The Morgan fingerprint density at radius 2 is 2.08 bits per heavy atom. The van der Waals surface area contributed by atoms with Gasteiger partial charge in [-0.25, -0.2) is 9.78 Å². The predicted molar refractivity (Wildman–Crippen MR) is 87.2 cm³/mol. The maximum atomic E-state index is 13.0. The van der Waals surface area contributed by atoms with E-state index in [0.29, 0.717) is 18.1 Å². The number of amides is 1. The Bertz CT molecular complexity index is 762. The zero-order valence-electron chi connectivity index (χ0n) is 13.2. The number of thioether (sulfide) groups is 1. The molecule has 2 aliphatic heterocycles. The Hall–Kier alpha value is -1.83. The summed E-state index contributed by atoms with van der Waals surface area (Å²) in [4.78, 5) is 43.0. The minimum absolute atomic E-state index is 0.00118. The van der Waals surface area contributed by atoms with Crippen molar-refractivity contribution in [3.8, 4) is 0 Å². The zero-order chi connectivity index (χ0) is 16.8. The molecule has 1 aliphatic carbocycles. The first-order valence-corrected chi connectivity index (χ1v) is 9.34. The van der Waals surface area contributed by atoms with Crippen LogP contribution in [0, 0.1) is 5.92 Å². The molecule has 24 heavy (non-hydrogen) atoms. The summed E-state index contributed by atoms with van der Waals surface area (Å²) >= 11 is 1.49. The molecule has 3 aliphatic rings. The molecule has 0 radical (unpaired) electrons. The van der Waals surface area contributed by atoms with E-state index in [1.165, 1.54) is 27.4 Å². The van der Waals surface area contributed by atoms with Crippen LogP contribution in [-0.4, -0.2) is 49.3 Å². The van der Waals surface area contributed by atoms with Crippen molar-refractivity contribution in [3.63, 3.8) is 0 Å². The van der Waals surface area contributed by atoms with Gasteiger partial charge in [-0.15, -0.1) is 0 Å². The lowest BCUT2D eigenvalue weighted by Crippen LogP contribution is -2.48. The zero-order valence-corrected chi connectivity index (χ0v) is 14.0. The number of carboxylic acids is 1. The highest BCUT2D eigenvalue weighted by Gasteiger charge is 2.48. The molecule has 4 rings (SSSR count). The van der Waals surface area contributed by atoms with E-state index in [-0.39, 0.29) is 23.1 Å². The number of carbonyl (C=O) groups is 2. The Kier molecular flexibility index (Phi) is 3.86.